The largest absolute Gasteiger partial charge is 0.308 e. The van der Waals surface area contributed by atoms with Crippen molar-refractivity contribution in [3.05, 3.63) is 109 Å². The minimum absolute atomic E-state index is 0.529. The first-order chi connectivity index (χ1) is 17.2. The Balaban J connectivity index is 1.58. The maximum Gasteiger partial charge on any atom is 0.0963 e. The Labute approximate surface area is 204 Å². The molecule has 1 unspecified atom stereocenters. The zero-order valence-corrected chi connectivity index (χ0v) is 20.0. The van der Waals surface area contributed by atoms with Crippen molar-refractivity contribution in [3.63, 3.8) is 0 Å². The lowest BCUT2D eigenvalue weighted by Crippen LogP contribution is -1.95. The highest BCUT2D eigenvalue weighted by Gasteiger charge is 2.16. The Morgan fingerprint density at radius 2 is 1.29 bits per heavy atom. The summed E-state index contributed by atoms with van der Waals surface area (Å²) in [5.74, 6) is 0.529. The van der Waals surface area contributed by atoms with Crippen LogP contribution in [0.5, 0.6) is 0 Å². The monoisotopic (exact) mass is 450 g/mol. The molecule has 7 aromatic rings. The van der Waals surface area contributed by atoms with E-state index in [1.807, 2.05) is 12.3 Å². The molecule has 0 spiro atoms. The van der Waals surface area contributed by atoms with Gasteiger partial charge in [-0.05, 0) is 86.6 Å². The van der Waals surface area contributed by atoms with E-state index < -0.39 is 0 Å². The topological polar surface area (TPSA) is 17.8 Å². The molecule has 0 N–H and O–H groups in total. The fraction of sp³-hybridized carbons (Fsp3) is 0.121. The van der Waals surface area contributed by atoms with Gasteiger partial charge in [-0.15, -0.1) is 0 Å². The van der Waals surface area contributed by atoms with E-state index in [-0.39, 0.29) is 0 Å². The summed E-state index contributed by atoms with van der Waals surface area (Å²) in [5.41, 5.74) is 5.96. The maximum absolute atomic E-state index is 4.81. The molecule has 1 atom stereocenters. The molecule has 2 heterocycles. The molecule has 2 nitrogen and oxygen atoms in total. The quantitative estimate of drug-likeness (QED) is 0.245. The van der Waals surface area contributed by atoms with E-state index in [9.17, 15) is 0 Å². The molecule has 7 rings (SSSR count). The maximum atomic E-state index is 4.81. The van der Waals surface area contributed by atoms with Crippen LogP contribution in [0.1, 0.15) is 31.7 Å². The van der Waals surface area contributed by atoms with E-state index in [2.05, 4.69) is 109 Å². The van der Waals surface area contributed by atoms with Crippen molar-refractivity contribution in [1.29, 1.82) is 0 Å². The van der Waals surface area contributed by atoms with E-state index in [4.69, 9.17) is 4.98 Å². The zero-order valence-electron chi connectivity index (χ0n) is 20.0. The Morgan fingerprint density at radius 3 is 1.97 bits per heavy atom. The molecule has 5 aromatic carbocycles. The summed E-state index contributed by atoms with van der Waals surface area (Å²) in [7, 11) is 0. The Morgan fingerprint density at radius 1 is 0.629 bits per heavy atom. The first-order valence-electron chi connectivity index (χ1n) is 12.5. The summed E-state index contributed by atoms with van der Waals surface area (Å²) in [5, 5.41) is 9.00. The molecule has 35 heavy (non-hydrogen) atoms. The molecule has 0 saturated heterocycles. The third-order valence-electron chi connectivity index (χ3n) is 7.71. The van der Waals surface area contributed by atoms with E-state index in [1.165, 1.54) is 54.5 Å². The van der Waals surface area contributed by atoms with E-state index >= 15 is 0 Å². The third kappa shape index (κ3) is 2.93. The summed E-state index contributed by atoms with van der Waals surface area (Å²) < 4.78 is 2.38. The van der Waals surface area contributed by atoms with E-state index in [1.54, 1.807) is 0 Å². The number of fused-ring (bicyclic) bond motifs is 9. The molecule has 168 valence electrons. The lowest BCUT2D eigenvalue weighted by Gasteiger charge is -2.14. The zero-order chi connectivity index (χ0) is 23.5. The average molecular weight is 451 g/mol. The van der Waals surface area contributed by atoms with Gasteiger partial charge in [-0.2, -0.15) is 0 Å². The van der Waals surface area contributed by atoms with Crippen LogP contribution in [0.25, 0.3) is 59.9 Å². The van der Waals surface area contributed by atoms with Crippen LogP contribution in [0.3, 0.4) is 0 Å². The van der Waals surface area contributed by atoms with Gasteiger partial charge in [-0.25, -0.2) is 0 Å². The number of benzene rings is 5. The minimum Gasteiger partial charge on any atom is -0.308 e. The van der Waals surface area contributed by atoms with Gasteiger partial charge in [0.15, 0.2) is 0 Å². The number of rotatable bonds is 3. The number of pyridine rings is 1. The van der Waals surface area contributed by atoms with Crippen molar-refractivity contribution in [2.24, 2.45) is 0 Å². The Bertz CT molecular complexity index is 1870. The normalized spacial score (nSPS) is 12.9. The van der Waals surface area contributed by atoms with Crippen molar-refractivity contribution in [2.45, 2.75) is 26.2 Å². The second kappa shape index (κ2) is 7.68. The second-order valence-corrected chi connectivity index (χ2v) is 9.61. The highest BCUT2D eigenvalue weighted by molar-refractivity contribution is 6.25. The van der Waals surface area contributed by atoms with Gasteiger partial charge in [0.05, 0.1) is 16.6 Å². The molecule has 0 radical (unpaired) electrons. The predicted octanol–water partition coefficient (Wildman–Crippen LogP) is 9.15. The highest BCUT2D eigenvalue weighted by atomic mass is 15.0. The second-order valence-electron chi connectivity index (χ2n) is 9.61. The van der Waals surface area contributed by atoms with Crippen LogP contribution < -0.4 is 0 Å². The molecule has 0 aliphatic heterocycles. The van der Waals surface area contributed by atoms with Crippen LogP contribution >= 0.6 is 0 Å². The molecule has 0 aliphatic carbocycles. The minimum atomic E-state index is 0.529. The predicted molar refractivity (Wildman–Crippen MR) is 150 cm³/mol. The van der Waals surface area contributed by atoms with Crippen LogP contribution in [-0.4, -0.2) is 9.55 Å². The van der Waals surface area contributed by atoms with Gasteiger partial charge < -0.3 is 4.57 Å². The Kier molecular flexibility index (Phi) is 4.44. The van der Waals surface area contributed by atoms with Gasteiger partial charge in [0.1, 0.15) is 0 Å². The first-order valence-corrected chi connectivity index (χ1v) is 12.5. The molecule has 2 aromatic heterocycles. The van der Waals surface area contributed by atoms with Crippen molar-refractivity contribution >= 4 is 54.3 Å². The van der Waals surface area contributed by atoms with Crippen molar-refractivity contribution < 1.29 is 0 Å². The molecule has 0 saturated carbocycles. The fourth-order valence-corrected chi connectivity index (χ4v) is 5.71. The molecule has 2 heteroatoms. The highest BCUT2D eigenvalue weighted by Crippen LogP contribution is 2.38. The molecule has 0 aliphatic rings. The first kappa shape index (κ1) is 20.2. The average Bonchev–Trinajstić information content (AvgIpc) is 3.26. The SMILES string of the molecule is CCC(C)c1ccc2c(c1)c1ncccc1n2-c1ccc2c3ccccc3c3ccccc3c2c1. The van der Waals surface area contributed by atoms with Crippen molar-refractivity contribution in [2.75, 3.05) is 0 Å². The van der Waals surface area contributed by atoms with Gasteiger partial charge in [-0.3, -0.25) is 4.98 Å². The molecule has 0 fully saturated rings. The van der Waals surface area contributed by atoms with Gasteiger partial charge in [-0.1, -0.05) is 74.5 Å². The third-order valence-corrected chi connectivity index (χ3v) is 7.71. The number of hydrogen-bond acceptors (Lipinski definition) is 1. The van der Waals surface area contributed by atoms with E-state index in [0.717, 1.165) is 17.5 Å². The number of hydrogen-bond donors (Lipinski definition) is 0. The van der Waals surface area contributed by atoms with Crippen LogP contribution in [0, 0.1) is 0 Å². The molecular formula is C33H26N2. The smallest absolute Gasteiger partial charge is 0.0963 e. The summed E-state index contributed by atoms with van der Waals surface area (Å²) in [6.07, 6.45) is 3.03. The van der Waals surface area contributed by atoms with Crippen LogP contribution in [0.4, 0.5) is 0 Å². The summed E-state index contributed by atoms with van der Waals surface area (Å²) in [6, 6.07) is 35.6. The van der Waals surface area contributed by atoms with E-state index in [0.29, 0.717) is 5.92 Å². The van der Waals surface area contributed by atoms with Crippen LogP contribution in [0.2, 0.25) is 0 Å². The van der Waals surface area contributed by atoms with Crippen LogP contribution in [-0.2, 0) is 0 Å². The molecule has 0 bridgehead atoms. The lowest BCUT2D eigenvalue weighted by molar-refractivity contribution is 0.735. The summed E-state index contributed by atoms with van der Waals surface area (Å²) in [4.78, 5) is 4.81. The van der Waals surface area contributed by atoms with Gasteiger partial charge in [0, 0.05) is 17.3 Å². The van der Waals surface area contributed by atoms with Crippen LogP contribution in [0.15, 0.2) is 103 Å². The number of nitrogens with zero attached hydrogens (tertiary/aromatic N) is 2. The Hall–Kier alpha value is -4.17. The fourth-order valence-electron chi connectivity index (χ4n) is 5.71. The lowest BCUT2D eigenvalue weighted by atomic mass is 9.94. The molecule has 0 amide bonds. The van der Waals surface area contributed by atoms with Gasteiger partial charge in [0.25, 0.3) is 0 Å². The van der Waals surface area contributed by atoms with Gasteiger partial charge in [0.2, 0.25) is 0 Å². The van der Waals surface area contributed by atoms with Gasteiger partial charge >= 0.3 is 0 Å². The summed E-state index contributed by atoms with van der Waals surface area (Å²) >= 11 is 0. The standard InChI is InChI=1S/C33H26N2/c1-3-21(2)22-14-17-31-30(19-22)33-32(13-8-18-34-33)35(31)23-15-16-28-26-11-5-4-9-24(26)25-10-6-7-12-27(25)29(28)20-23/h4-21H,3H2,1-2H3. The summed E-state index contributed by atoms with van der Waals surface area (Å²) in [6.45, 7) is 4.55. The molecular weight excluding hydrogens is 424 g/mol. The van der Waals surface area contributed by atoms with Crippen molar-refractivity contribution in [3.8, 4) is 5.69 Å². The van der Waals surface area contributed by atoms with Crippen molar-refractivity contribution in [1.82, 2.24) is 9.55 Å². The number of aromatic nitrogens is 2.